The zero-order chi connectivity index (χ0) is 12.0. The van der Waals surface area contributed by atoms with Crippen molar-refractivity contribution in [2.75, 3.05) is 18.1 Å². The van der Waals surface area contributed by atoms with Crippen LogP contribution in [0, 0.1) is 0 Å². The zero-order valence-corrected chi connectivity index (χ0v) is 9.90. The van der Waals surface area contributed by atoms with Gasteiger partial charge in [-0.25, -0.2) is 8.42 Å². The van der Waals surface area contributed by atoms with Crippen molar-refractivity contribution >= 4 is 9.84 Å². The number of sulfone groups is 1. The summed E-state index contributed by atoms with van der Waals surface area (Å²) in [7, 11) is -2.99. The number of aromatic nitrogens is 1. The number of pyridine rings is 1. The van der Waals surface area contributed by atoms with E-state index in [9.17, 15) is 8.42 Å². The summed E-state index contributed by atoms with van der Waals surface area (Å²) in [6.45, 7) is 1.60. The van der Waals surface area contributed by atoms with Gasteiger partial charge in [0.15, 0.2) is 9.84 Å². The predicted molar refractivity (Wildman–Crippen MR) is 60.0 cm³/mol. The lowest BCUT2D eigenvalue weighted by molar-refractivity contribution is 0.276. The SMILES string of the molecule is CCS(=O)(=O)CCOc1ccc(CO)nc1. The van der Waals surface area contributed by atoms with Gasteiger partial charge in [0.05, 0.1) is 24.3 Å². The molecule has 0 aromatic carbocycles. The first-order valence-corrected chi connectivity index (χ1v) is 6.78. The van der Waals surface area contributed by atoms with E-state index in [1.165, 1.54) is 6.20 Å². The van der Waals surface area contributed by atoms with Crippen molar-refractivity contribution in [1.29, 1.82) is 0 Å². The molecule has 0 aliphatic heterocycles. The normalized spacial score (nSPS) is 11.4. The summed E-state index contributed by atoms with van der Waals surface area (Å²) in [5, 5.41) is 8.76. The second-order valence-corrected chi connectivity index (χ2v) is 5.70. The Hall–Kier alpha value is -1.14. The predicted octanol–water partition coefficient (Wildman–Crippen LogP) is 0.387. The van der Waals surface area contributed by atoms with Gasteiger partial charge in [0.1, 0.15) is 12.4 Å². The molecule has 1 aromatic heterocycles. The van der Waals surface area contributed by atoms with Crippen molar-refractivity contribution in [1.82, 2.24) is 4.98 Å². The smallest absolute Gasteiger partial charge is 0.153 e. The molecule has 5 nitrogen and oxygen atoms in total. The summed E-state index contributed by atoms with van der Waals surface area (Å²) in [6, 6.07) is 3.28. The van der Waals surface area contributed by atoms with Crippen molar-refractivity contribution in [2.24, 2.45) is 0 Å². The van der Waals surface area contributed by atoms with Crippen LogP contribution in [0.4, 0.5) is 0 Å². The van der Waals surface area contributed by atoms with Gasteiger partial charge >= 0.3 is 0 Å². The fourth-order valence-corrected chi connectivity index (χ4v) is 1.65. The van der Waals surface area contributed by atoms with E-state index in [1.54, 1.807) is 19.1 Å². The molecule has 0 bridgehead atoms. The average Bonchev–Trinajstić information content (AvgIpc) is 2.30. The molecule has 0 fully saturated rings. The van der Waals surface area contributed by atoms with Crippen molar-refractivity contribution in [2.45, 2.75) is 13.5 Å². The third-order valence-electron chi connectivity index (χ3n) is 2.06. The van der Waals surface area contributed by atoms with Crippen molar-refractivity contribution < 1.29 is 18.3 Å². The molecule has 0 radical (unpaired) electrons. The third kappa shape index (κ3) is 4.16. The minimum absolute atomic E-state index is 0.00521. The molecule has 0 saturated heterocycles. The van der Waals surface area contributed by atoms with E-state index < -0.39 is 9.84 Å². The van der Waals surface area contributed by atoms with Crippen LogP contribution in [-0.2, 0) is 16.4 Å². The van der Waals surface area contributed by atoms with Gasteiger partial charge in [-0.3, -0.25) is 4.98 Å². The molecule has 1 heterocycles. The van der Waals surface area contributed by atoms with Crippen LogP contribution < -0.4 is 4.74 Å². The van der Waals surface area contributed by atoms with Crippen LogP contribution in [0.3, 0.4) is 0 Å². The lowest BCUT2D eigenvalue weighted by Gasteiger charge is -2.05. The first-order valence-electron chi connectivity index (χ1n) is 4.96. The highest BCUT2D eigenvalue weighted by molar-refractivity contribution is 7.91. The Balaban J connectivity index is 2.43. The number of ether oxygens (including phenoxy) is 1. The minimum atomic E-state index is -2.99. The summed E-state index contributed by atoms with van der Waals surface area (Å²) < 4.78 is 27.5. The molecule has 0 spiro atoms. The summed E-state index contributed by atoms with van der Waals surface area (Å²) >= 11 is 0. The molecule has 0 amide bonds. The van der Waals surface area contributed by atoms with Crippen molar-refractivity contribution in [3.63, 3.8) is 0 Å². The third-order valence-corrected chi connectivity index (χ3v) is 3.73. The van der Waals surface area contributed by atoms with Crippen LogP contribution in [-0.4, -0.2) is 36.6 Å². The number of aliphatic hydroxyl groups is 1. The first kappa shape index (κ1) is 12.9. The van der Waals surface area contributed by atoms with Crippen LogP contribution in [0.2, 0.25) is 0 Å². The lowest BCUT2D eigenvalue weighted by atomic mass is 10.3. The van der Waals surface area contributed by atoms with E-state index >= 15 is 0 Å². The topological polar surface area (TPSA) is 76.5 Å². The molecule has 0 aliphatic carbocycles. The highest BCUT2D eigenvalue weighted by Crippen LogP contribution is 2.09. The molecule has 1 aromatic rings. The maximum Gasteiger partial charge on any atom is 0.153 e. The van der Waals surface area contributed by atoms with E-state index in [0.717, 1.165) is 0 Å². The average molecular weight is 245 g/mol. The zero-order valence-electron chi connectivity index (χ0n) is 9.09. The first-order chi connectivity index (χ1) is 7.57. The fraction of sp³-hybridized carbons (Fsp3) is 0.500. The van der Waals surface area contributed by atoms with Crippen LogP contribution >= 0.6 is 0 Å². The van der Waals surface area contributed by atoms with Crippen LogP contribution in [0.15, 0.2) is 18.3 Å². The summed E-state index contributed by atoms with van der Waals surface area (Å²) in [5.41, 5.74) is 0.550. The molecule has 90 valence electrons. The Bertz CT molecular complexity index is 413. The Morgan fingerprint density at radius 2 is 2.19 bits per heavy atom. The van der Waals surface area contributed by atoms with Gasteiger partial charge < -0.3 is 9.84 Å². The highest BCUT2D eigenvalue weighted by atomic mass is 32.2. The van der Waals surface area contributed by atoms with Gasteiger partial charge in [-0.05, 0) is 12.1 Å². The van der Waals surface area contributed by atoms with Gasteiger partial charge in [-0.1, -0.05) is 6.92 Å². The molecule has 0 saturated carbocycles. The maximum absolute atomic E-state index is 11.2. The largest absolute Gasteiger partial charge is 0.491 e. The van der Waals surface area contributed by atoms with Crippen LogP contribution in [0.1, 0.15) is 12.6 Å². The van der Waals surface area contributed by atoms with Gasteiger partial charge in [0.25, 0.3) is 0 Å². The molecule has 0 aliphatic rings. The molecule has 1 rings (SSSR count). The van der Waals surface area contributed by atoms with Crippen molar-refractivity contribution in [3.05, 3.63) is 24.0 Å². The second-order valence-electron chi connectivity index (χ2n) is 3.23. The van der Waals surface area contributed by atoms with Gasteiger partial charge in [0.2, 0.25) is 0 Å². The number of nitrogens with zero attached hydrogens (tertiary/aromatic N) is 1. The Kier molecular flexibility index (Phi) is 4.70. The minimum Gasteiger partial charge on any atom is -0.491 e. The molecular formula is C10H15NO4S. The molecule has 0 atom stereocenters. The number of aliphatic hydroxyl groups excluding tert-OH is 1. The Morgan fingerprint density at radius 1 is 1.44 bits per heavy atom. The van der Waals surface area contributed by atoms with Crippen LogP contribution in [0.5, 0.6) is 5.75 Å². The summed E-state index contributed by atoms with van der Waals surface area (Å²) in [4.78, 5) is 3.91. The van der Waals surface area contributed by atoms with E-state index in [4.69, 9.17) is 9.84 Å². The Morgan fingerprint density at radius 3 is 2.69 bits per heavy atom. The highest BCUT2D eigenvalue weighted by Gasteiger charge is 2.07. The maximum atomic E-state index is 11.2. The molecular weight excluding hydrogens is 230 g/mol. The lowest BCUT2D eigenvalue weighted by Crippen LogP contribution is -2.15. The second kappa shape index (κ2) is 5.81. The van der Waals surface area contributed by atoms with E-state index in [0.29, 0.717) is 11.4 Å². The molecule has 1 N–H and O–H groups in total. The monoisotopic (exact) mass is 245 g/mol. The standard InChI is InChI=1S/C10H15NO4S/c1-2-16(13,14)6-5-15-10-4-3-9(8-12)11-7-10/h3-4,7,12H,2,5-6,8H2,1H3. The van der Waals surface area contributed by atoms with Crippen LogP contribution in [0.25, 0.3) is 0 Å². The summed E-state index contributed by atoms with van der Waals surface area (Å²) in [5.74, 6) is 0.632. The molecule has 16 heavy (non-hydrogen) atoms. The van der Waals surface area contributed by atoms with Crippen molar-refractivity contribution in [3.8, 4) is 5.75 Å². The van der Waals surface area contributed by atoms with Gasteiger partial charge in [0, 0.05) is 5.75 Å². The van der Waals surface area contributed by atoms with Gasteiger partial charge in [-0.15, -0.1) is 0 Å². The van der Waals surface area contributed by atoms with Gasteiger partial charge in [-0.2, -0.15) is 0 Å². The Labute approximate surface area is 95.0 Å². The van der Waals surface area contributed by atoms with E-state index in [-0.39, 0.29) is 24.7 Å². The van der Waals surface area contributed by atoms with E-state index in [1.807, 2.05) is 0 Å². The summed E-state index contributed by atoms with van der Waals surface area (Å²) in [6.07, 6.45) is 1.46. The fourth-order valence-electron chi connectivity index (χ4n) is 1.02. The van der Waals surface area contributed by atoms with E-state index in [2.05, 4.69) is 4.98 Å². The quantitative estimate of drug-likeness (QED) is 0.784. The molecule has 6 heteroatoms. The number of rotatable bonds is 6. The molecule has 0 unspecified atom stereocenters. The number of hydrogen-bond donors (Lipinski definition) is 1. The number of hydrogen-bond acceptors (Lipinski definition) is 5.